The molecule has 2 nitrogen and oxygen atoms in total. The minimum atomic E-state index is 0.0375. The van der Waals surface area contributed by atoms with Gasteiger partial charge in [-0.05, 0) is 58.3 Å². The van der Waals surface area contributed by atoms with Crippen molar-refractivity contribution >= 4 is 0 Å². The number of hydrogen-bond donors (Lipinski definition) is 0. The summed E-state index contributed by atoms with van der Waals surface area (Å²) in [6, 6.07) is 0. The van der Waals surface area contributed by atoms with Crippen LogP contribution in [0.1, 0.15) is 71.6 Å². The zero-order valence-electron chi connectivity index (χ0n) is 12.4. The summed E-state index contributed by atoms with van der Waals surface area (Å²) in [6.45, 7) is 4.44. The topological polar surface area (TPSA) is 18.5 Å². The second-order valence-corrected chi connectivity index (χ2v) is 6.68. The molecule has 0 aromatic heterocycles. The summed E-state index contributed by atoms with van der Waals surface area (Å²) in [4.78, 5) is 0. The molecule has 0 saturated heterocycles. The smallest absolute Gasteiger partial charge is 0.0650 e. The van der Waals surface area contributed by atoms with Gasteiger partial charge in [0.1, 0.15) is 0 Å². The molecule has 0 bridgehead atoms. The van der Waals surface area contributed by atoms with E-state index in [9.17, 15) is 0 Å². The van der Waals surface area contributed by atoms with Crippen LogP contribution in [0.15, 0.2) is 0 Å². The van der Waals surface area contributed by atoms with Crippen molar-refractivity contribution in [2.75, 3.05) is 7.11 Å². The van der Waals surface area contributed by atoms with Gasteiger partial charge in [-0.2, -0.15) is 0 Å². The third-order valence-electron chi connectivity index (χ3n) is 5.12. The highest BCUT2D eigenvalue weighted by Crippen LogP contribution is 2.36. The molecular weight excluding hydrogens is 224 g/mol. The third-order valence-corrected chi connectivity index (χ3v) is 5.12. The molecular formula is C16H30O2. The zero-order chi connectivity index (χ0) is 13.0. The predicted molar refractivity (Wildman–Crippen MR) is 74.8 cm³/mol. The van der Waals surface area contributed by atoms with Crippen LogP contribution in [0, 0.1) is 5.92 Å². The summed E-state index contributed by atoms with van der Waals surface area (Å²) in [5.41, 5.74) is 0.0375. The van der Waals surface area contributed by atoms with Crippen LogP contribution in [0.2, 0.25) is 0 Å². The van der Waals surface area contributed by atoms with Gasteiger partial charge in [0.25, 0.3) is 0 Å². The van der Waals surface area contributed by atoms with Crippen molar-refractivity contribution in [3.8, 4) is 0 Å². The van der Waals surface area contributed by atoms with Gasteiger partial charge in [0.05, 0.1) is 17.8 Å². The minimum absolute atomic E-state index is 0.0375. The first-order valence-corrected chi connectivity index (χ1v) is 7.82. The SMILES string of the molecule is COC(C)(C)[C@H]1CC[C@@H](OC2CCCCC2)CC1. The van der Waals surface area contributed by atoms with E-state index in [1.54, 1.807) is 0 Å². The summed E-state index contributed by atoms with van der Waals surface area (Å²) in [7, 11) is 1.84. The molecule has 0 unspecified atom stereocenters. The van der Waals surface area contributed by atoms with E-state index in [4.69, 9.17) is 9.47 Å². The van der Waals surface area contributed by atoms with Crippen molar-refractivity contribution in [2.24, 2.45) is 5.92 Å². The van der Waals surface area contributed by atoms with Crippen LogP contribution in [0.3, 0.4) is 0 Å². The van der Waals surface area contributed by atoms with Gasteiger partial charge in [0.15, 0.2) is 0 Å². The number of hydrogen-bond acceptors (Lipinski definition) is 2. The molecule has 2 rings (SSSR count). The van der Waals surface area contributed by atoms with E-state index in [2.05, 4.69) is 13.8 Å². The Labute approximate surface area is 112 Å². The molecule has 0 N–H and O–H groups in total. The summed E-state index contributed by atoms with van der Waals surface area (Å²) < 4.78 is 11.9. The Bertz CT molecular complexity index is 235. The van der Waals surface area contributed by atoms with Gasteiger partial charge >= 0.3 is 0 Å². The number of methoxy groups -OCH3 is 1. The highest BCUT2D eigenvalue weighted by Gasteiger charge is 2.34. The molecule has 2 fully saturated rings. The summed E-state index contributed by atoms with van der Waals surface area (Å²) in [5.74, 6) is 0.703. The molecule has 2 aliphatic rings. The van der Waals surface area contributed by atoms with Crippen molar-refractivity contribution in [1.82, 2.24) is 0 Å². The van der Waals surface area contributed by atoms with Gasteiger partial charge in [-0.15, -0.1) is 0 Å². The molecule has 18 heavy (non-hydrogen) atoms. The van der Waals surface area contributed by atoms with E-state index in [1.165, 1.54) is 57.8 Å². The lowest BCUT2D eigenvalue weighted by Gasteiger charge is -2.39. The minimum Gasteiger partial charge on any atom is -0.379 e. The van der Waals surface area contributed by atoms with Crippen LogP contribution >= 0.6 is 0 Å². The van der Waals surface area contributed by atoms with E-state index < -0.39 is 0 Å². The lowest BCUT2D eigenvalue weighted by molar-refractivity contribution is -0.0844. The molecule has 0 aromatic carbocycles. The highest BCUT2D eigenvalue weighted by atomic mass is 16.5. The first kappa shape index (κ1) is 14.3. The Kier molecular flexibility index (Phi) is 5.08. The monoisotopic (exact) mass is 254 g/mol. The Balaban J connectivity index is 1.73. The molecule has 0 aromatic rings. The highest BCUT2D eigenvalue weighted by molar-refractivity contribution is 4.85. The predicted octanol–water partition coefficient (Wildman–Crippen LogP) is 4.32. The van der Waals surface area contributed by atoms with Crippen molar-refractivity contribution in [3.63, 3.8) is 0 Å². The number of rotatable bonds is 4. The van der Waals surface area contributed by atoms with Crippen LogP contribution in [-0.2, 0) is 9.47 Å². The first-order valence-electron chi connectivity index (χ1n) is 7.82. The standard InChI is InChI=1S/C16H30O2/c1-16(2,17-3)13-9-11-15(12-10-13)18-14-7-5-4-6-8-14/h13-15H,4-12H2,1-3H3/t13-,15+. The van der Waals surface area contributed by atoms with Gasteiger partial charge < -0.3 is 9.47 Å². The van der Waals surface area contributed by atoms with E-state index in [-0.39, 0.29) is 5.60 Å². The largest absolute Gasteiger partial charge is 0.379 e. The fourth-order valence-electron chi connectivity index (χ4n) is 3.53. The molecule has 106 valence electrons. The molecule has 2 saturated carbocycles. The van der Waals surface area contributed by atoms with E-state index in [1.807, 2.05) is 7.11 Å². The lowest BCUT2D eigenvalue weighted by Crippen LogP contribution is -2.38. The Hall–Kier alpha value is -0.0800. The van der Waals surface area contributed by atoms with Gasteiger partial charge in [-0.3, -0.25) is 0 Å². The van der Waals surface area contributed by atoms with Crippen LogP contribution < -0.4 is 0 Å². The zero-order valence-corrected chi connectivity index (χ0v) is 12.4. The summed E-state index contributed by atoms with van der Waals surface area (Å²) in [5, 5.41) is 0. The van der Waals surface area contributed by atoms with Crippen molar-refractivity contribution in [3.05, 3.63) is 0 Å². The lowest BCUT2D eigenvalue weighted by atomic mass is 9.77. The van der Waals surface area contributed by atoms with Crippen molar-refractivity contribution < 1.29 is 9.47 Å². The van der Waals surface area contributed by atoms with Crippen molar-refractivity contribution in [1.29, 1.82) is 0 Å². The van der Waals surface area contributed by atoms with Crippen LogP contribution in [0.5, 0.6) is 0 Å². The molecule has 0 amide bonds. The van der Waals surface area contributed by atoms with Crippen LogP contribution in [0.4, 0.5) is 0 Å². The van der Waals surface area contributed by atoms with Gasteiger partial charge in [-0.25, -0.2) is 0 Å². The second kappa shape index (κ2) is 6.38. The van der Waals surface area contributed by atoms with Crippen LogP contribution in [0.25, 0.3) is 0 Å². The molecule has 0 aliphatic heterocycles. The number of ether oxygens (including phenoxy) is 2. The normalized spacial score (nSPS) is 31.5. The summed E-state index contributed by atoms with van der Waals surface area (Å²) >= 11 is 0. The third kappa shape index (κ3) is 3.71. The average molecular weight is 254 g/mol. The quantitative estimate of drug-likeness (QED) is 0.744. The second-order valence-electron chi connectivity index (χ2n) is 6.68. The maximum absolute atomic E-state index is 6.29. The van der Waals surface area contributed by atoms with E-state index in [0.717, 1.165) is 0 Å². The fraction of sp³-hybridized carbons (Fsp3) is 1.00. The van der Waals surface area contributed by atoms with E-state index >= 15 is 0 Å². The van der Waals surface area contributed by atoms with Crippen molar-refractivity contribution in [2.45, 2.75) is 89.4 Å². The first-order chi connectivity index (χ1) is 8.62. The van der Waals surface area contributed by atoms with Gasteiger partial charge in [0, 0.05) is 7.11 Å². The molecule has 0 spiro atoms. The maximum atomic E-state index is 6.29. The maximum Gasteiger partial charge on any atom is 0.0650 e. The van der Waals surface area contributed by atoms with Gasteiger partial charge in [-0.1, -0.05) is 19.3 Å². The summed E-state index contributed by atoms with van der Waals surface area (Å²) in [6.07, 6.45) is 12.8. The van der Waals surface area contributed by atoms with E-state index in [0.29, 0.717) is 18.1 Å². The average Bonchev–Trinajstić information content (AvgIpc) is 2.40. The molecule has 0 atom stereocenters. The molecule has 2 aliphatic carbocycles. The fourth-order valence-corrected chi connectivity index (χ4v) is 3.53. The Morgan fingerprint density at radius 3 is 1.89 bits per heavy atom. The molecule has 0 radical (unpaired) electrons. The molecule has 2 heteroatoms. The van der Waals surface area contributed by atoms with Crippen LogP contribution in [-0.4, -0.2) is 24.9 Å². The van der Waals surface area contributed by atoms with Gasteiger partial charge in [0.2, 0.25) is 0 Å². The Morgan fingerprint density at radius 1 is 0.778 bits per heavy atom. The molecule has 0 heterocycles. The Morgan fingerprint density at radius 2 is 1.33 bits per heavy atom.